The van der Waals surface area contributed by atoms with E-state index >= 15 is 0 Å². The molecule has 1 aromatic carbocycles. The molecule has 5 heteroatoms. The van der Waals surface area contributed by atoms with Gasteiger partial charge in [0.25, 0.3) is 0 Å². The maximum atomic E-state index is 11.7. The van der Waals surface area contributed by atoms with Crippen LogP contribution in [0.4, 0.5) is 0 Å². The van der Waals surface area contributed by atoms with Gasteiger partial charge in [0.15, 0.2) is 5.78 Å². The molecule has 1 aliphatic heterocycles. The lowest BCUT2D eigenvalue weighted by Crippen LogP contribution is -2.25. The van der Waals surface area contributed by atoms with Gasteiger partial charge in [0.2, 0.25) is 5.91 Å². The molecule has 0 N–H and O–H groups in total. The first-order valence-electron chi connectivity index (χ1n) is 6.11. The first-order chi connectivity index (χ1) is 9.24. The zero-order valence-electron chi connectivity index (χ0n) is 10.3. The van der Waals surface area contributed by atoms with Gasteiger partial charge in [-0.2, -0.15) is 5.10 Å². The fourth-order valence-corrected chi connectivity index (χ4v) is 2.27. The monoisotopic (exact) mass is 255 g/mol. The van der Waals surface area contributed by atoms with Gasteiger partial charge < -0.3 is 4.90 Å². The third-order valence-electron chi connectivity index (χ3n) is 3.17. The van der Waals surface area contributed by atoms with Crippen LogP contribution in [0.1, 0.15) is 12.0 Å². The molecule has 0 aliphatic carbocycles. The standard InChI is InChI=1S/C14H13N3O2/c18-12-8-14(19)16(10-12)9-11-4-1-2-5-13(11)17-7-3-6-15-17/h1-7H,8-10H2. The normalized spacial score (nSPS) is 15.3. The number of amides is 1. The molecule has 1 amide bonds. The Labute approximate surface area is 110 Å². The first-order valence-corrected chi connectivity index (χ1v) is 6.11. The van der Waals surface area contributed by atoms with Crippen molar-refractivity contribution < 1.29 is 9.59 Å². The number of carbonyl (C=O) groups is 2. The van der Waals surface area contributed by atoms with E-state index in [0.717, 1.165) is 11.3 Å². The number of likely N-dealkylation sites (tertiary alicyclic amines) is 1. The number of Topliss-reactive ketones (excluding diaryl/α,β-unsaturated/α-hetero) is 1. The highest BCUT2D eigenvalue weighted by molar-refractivity contribution is 6.05. The quantitative estimate of drug-likeness (QED) is 0.774. The van der Waals surface area contributed by atoms with Crippen LogP contribution in [0.25, 0.3) is 5.69 Å². The first kappa shape index (κ1) is 11.6. The Morgan fingerprint density at radius 1 is 1.16 bits per heavy atom. The minimum Gasteiger partial charge on any atom is -0.331 e. The molecule has 2 aromatic rings. The molecule has 0 bridgehead atoms. The van der Waals surface area contributed by atoms with Crippen LogP contribution in [0.3, 0.4) is 0 Å². The summed E-state index contributed by atoms with van der Waals surface area (Å²) >= 11 is 0. The number of hydrogen-bond acceptors (Lipinski definition) is 3. The van der Waals surface area contributed by atoms with E-state index in [1.165, 1.54) is 0 Å². The predicted molar refractivity (Wildman–Crippen MR) is 68.6 cm³/mol. The van der Waals surface area contributed by atoms with Gasteiger partial charge in [-0.25, -0.2) is 4.68 Å². The minimum atomic E-state index is -0.0970. The average Bonchev–Trinajstić information content (AvgIpc) is 3.01. The van der Waals surface area contributed by atoms with Crippen molar-refractivity contribution in [3.63, 3.8) is 0 Å². The number of aromatic nitrogens is 2. The molecule has 1 saturated heterocycles. The number of benzene rings is 1. The number of hydrogen-bond donors (Lipinski definition) is 0. The molecule has 96 valence electrons. The van der Waals surface area contributed by atoms with Gasteiger partial charge in [0.1, 0.15) is 0 Å². The van der Waals surface area contributed by atoms with E-state index in [1.54, 1.807) is 15.8 Å². The molecule has 5 nitrogen and oxygen atoms in total. The second-order valence-corrected chi connectivity index (χ2v) is 4.54. The van der Waals surface area contributed by atoms with Gasteiger partial charge in [-0.3, -0.25) is 9.59 Å². The summed E-state index contributed by atoms with van der Waals surface area (Å²) in [5.74, 6) is -0.109. The van der Waals surface area contributed by atoms with Crippen LogP contribution in [-0.4, -0.2) is 32.9 Å². The van der Waals surface area contributed by atoms with Crippen LogP contribution in [0.15, 0.2) is 42.7 Å². The summed E-state index contributed by atoms with van der Waals surface area (Å²) in [6, 6.07) is 9.60. The van der Waals surface area contributed by atoms with Crippen LogP contribution in [0, 0.1) is 0 Å². The highest BCUT2D eigenvalue weighted by Crippen LogP contribution is 2.18. The second-order valence-electron chi connectivity index (χ2n) is 4.54. The Morgan fingerprint density at radius 2 is 2.00 bits per heavy atom. The summed E-state index contributed by atoms with van der Waals surface area (Å²) in [4.78, 5) is 24.5. The van der Waals surface area contributed by atoms with Gasteiger partial charge in [-0.1, -0.05) is 18.2 Å². The van der Waals surface area contributed by atoms with Gasteiger partial charge in [-0.15, -0.1) is 0 Å². The molecular formula is C14H13N3O2. The van der Waals surface area contributed by atoms with Gasteiger partial charge in [0, 0.05) is 18.9 Å². The molecule has 0 atom stereocenters. The molecule has 0 saturated carbocycles. The fraction of sp³-hybridized carbons (Fsp3) is 0.214. The Morgan fingerprint density at radius 3 is 2.68 bits per heavy atom. The van der Waals surface area contributed by atoms with Crippen LogP contribution < -0.4 is 0 Å². The average molecular weight is 255 g/mol. The van der Waals surface area contributed by atoms with E-state index in [2.05, 4.69) is 5.10 Å². The molecule has 1 aliphatic rings. The van der Waals surface area contributed by atoms with E-state index in [4.69, 9.17) is 0 Å². The lowest BCUT2D eigenvalue weighted by Gasteiger charge is -2.17. The molecule has 2 heterocycles. The van der Waals surface area contributed by atoms with Crippen molar-refractivity contribution >= 4 is 11.7 Å². The summed E-state index contributed by atoms with van der Waals surface area (Å²) in [6.45, 7) is 0.660. The van der Waals surface area contributed by atoms with Crippen molar-refractivity contribution in [1.82, 2.24) is 14.7 Å². The number of para-hydroxylation sites is 1. The maximum Gasteiger partial charge on any atom is 0.230 e. The van der Waals surface area contributed by atoms with Crippen molar-refractivity contribution in [3.05, 3.63) is 48.3 Å². The van der Waals surface area contributed by atoms with E-state index in [1.807, 2.05) is 36.5 Å². The summed E-state index contributed by atoms with van der Waals surface area (Å²) < 4.78 is 1.76. The van der Waals surface area contributed by atoms with E-state index < -0.39 is 0 Å². The van der Waals surface area contributed by atoms with Crippen molar-refractivity contribution in [1.29, 1.82) is 0 Å². The Balaban J connectivity index is 1.89. The molecule has 0 spiro atoms. The molecular weight excluding hydrogens is 242 g/mol. The smallest absolute Gasteiger partial charge is 0.230 e. The molecule has 1 aromatic heterocycles. The summed E-state index contributed by atoms with van der Waals surface area (Å²) in [5.41, 5.74) is 1.91. The number of rotatable bonds is 3. The van der Waals surface area contributed by atoms with Crippen molar-refractivity contribution in [2.24, 2.45) is 0 Å². The van der Waals surface area contributed by atoms with E-state index in [0.29, 0.717) is 6.54 Å². The molecule has 3 rings (SSSR count). The molecule has 19 heavy (non-hydrogen) atoms. The zero-order chi connectivity index (χ0) is 13.2. The third-order valence-corrected chi connectivity index (χ3v) is 3.17. The SMILES string of the molecule is O=C1CC(=O)N(Cc2ccccc2-n2cccn2)C1. The summed E-state index contributed by atoms with van der Waals surface area (Å²) in [5, 5.41) is 4.20. The molecule has 0 unspecified atom stereocenters. The van der Waals surface area contributed by atoms with E-state index in [9.17, 15) is 9.59 Å². The Bertz CT molecular complexity index is 619. The van der Waals surface area contributed by atoms with Crippen molar-refractivity contribution in [2.45, 2.75) is 13.0 Å². The molecule has 0 radical (unpaired) electrons. The fourth-order valence-electron chi connectivity index (χ4n) is 2.27. The third kappa shape index (κ3) is 2.27. The van der Waals surface area contributed by atoms with E-state index in [-0.39, 0.29) is 24.7 Å². The van der Waals surface area contributed by atoms with Crippen molar-refractivity contribution in [3.8, 4) is 5.69 Å². The summed E-state index contributed by atoms with van der Waals surface area (Å²) in [7, 11) is 0. The lowest BCUT2D eigenvalue weighted by atomic mass is 10.1. The number of ketones is 1. The molecule has 1 fully saturated rings. The Hall–Kier alpha value is -2.43. The topological polar surface area (TPSA) is 55.2 Å². The zero-order valence-corrected chi connectivity index (χ0v) is 10.3. The summed E-state index contributed by atoms with van der Waals surface area (Å²) in [6.07, 6.45) is 3.60. The highest BCUT2D eigenvalue weighted by atomic mass is 16.2. The number of carbonyl (C=O) groups excluding carboxylic acids is 2. The van der Waals surface area contributed by atoms with Crippen LogP contribution >= 0.6 is 0 Å². The Kier molecular flexibility index (Phi) is 2.87. The van der Waals surface area contributed by atoms with Gasteiger partial charge in [-0.05, 0) is 17.7 Å². The second kappa shape index (κ2) is 4.68. The highest BCUT2D eigenvalue weighted by Gasteiger charge is 2.27. The predicted octanol–water partition coefficient (Wildman–Crippen LogP) is 1.17. The van der Waals surface area contributed by atoms with Gasteiger partial charge in [0.05, 0.1) is 18.7 Å². The van der Waals surface area contributed by atoms with Crippen LogP contribution in [0.2, 0.25) is 0 Å². The van der Waals surface area contributed by atoms with Crippen LogP contribution in [-0.2, 0) is 16.1 Å². The largest absolute Gasteiger partial charge is 0.331 e. The van der Waals surface area contributed by atoms with Gasteiger partial charge >= 0.3 is 0 Å². The minimum absolute atomic E-state index is 0.0124. The maximum absolute atomic E-state index is 11.7. The van der Waals surface area contributed by atoms with Crippen LogP contribution in [0.5, 0.6) is 0 Å². The number of nitrogens with zero attached hydrogens (tertiary/aromatic N) is 3. The van der Waals surface area contributed by atoms with Crippen molar-refractivity contribution in [2.75, 3.05) is 6.54 Å². The lowest BCUT2D eigenvalue weighted by molar-refractivity contribution is -0.128.